The first-order chi connectivity index (χ1) is 10.2. The largest absolute Gasteiger partial charge is 0.479 e. The van der Waals surface area contributed by atoms with Crippen molar-refractivity contribution in [2.75, 3.05) is 19.0 Å². The molecule has 0 radical (unpaired) electrons. The molecule has 0 saturated heterocycles. The molecule has 6 nitrogen and oxygen atoms in total. The number of furan rings is 1. The summed E-state index contributed by atoms with van der Waals surface area (Å²) in [5.41, 5.74) is 0.871. The molecule has 2 rings (SSSR count). The third kappa shape index (κ3) is 4.01. The number of nitriles is 1. The first-order valence-electron chi connectivity index (χ1n) is 6.23. The zero-order valence-corrected chi connectivity index (χ0v) is 11.5. The third-order valence-corrected chi connectivity index (χ3v) is 2.67. The van der Waals surface area contributed by atoms with Gasteiger partial charge < -0.3 is 19.2 Å². The second kappa shape index (κ2) is 7.01. The van der Waals surface area contributed by atoms with Crippen molar-refractivity contribution in [1.82, 2.24) is 0 Å². The van der Waals surface area contributed by atoms with E-state index in [9.17, 15) is 4.79 Å². The topological polar surface area (TPSA) is 84.5 Å². The van der Waals surface area contributed by atoms with Crippen LogP contribution >= 0.6 is 0 Å². The van der Waals surface area contributed by atoms with Crippen LogP contribution in [0.15, 0.2) is 40.8 Å². The molecule has 0 fully saturated rings. The molecule has 0 spiro atoms. The van der Waals surface area contributed by atoms with Gasteiger partial charge in [-0.05, 0) is 36.4 Å². The van der Waals surface area contributed by atoms with Crippen LogP contribution in [0, 0.1) is 11.3 Å². The highest BCUT2D eigenvalue weighted by Gasteiger charge is 2.10. The van der Waals surface area contributed by atoms with Gasteiger partial charge in [0.1, 0.15) is 17.6 Å². The zero-order valence-electron chi connectivity index (χ0n) is 11.5. The summed E-state index contributed by atoms with van der Waals surface area (Å²) in [5.74, 6) is 0.933. The van der Waals surface area contributed by atoms with Gasteiger partial charge in [-0.3, -0.25) is 0 Å². The SMILES string of the molecule is COC(=O)c1ccc(CNc2ccc(OCC#N)cc2)o1. The van der Waals surface area contributed by atoms with Crippen molar-refractivity contribution in [3.8, 4) is 11.8 Å². The Morgan fingerprint density at radius 2 is 2.05 bits per heavy atom. The Labute approximate surface area is 121 Å². The van der Waals surface area contributed by atoms with Crippen LogP contribution in [0.25, 0.3) is 0 Å². The Bertz CT molecular complexity index is 640. The molecule has 2 aromatic rings. The first-order valence-corrected chi connectivity index (χ1v) is 6.23. The van der Waals surface area contributed by atoms with Crippen molar-refractivity contribution < 1.29 is 18.7 Å². The van der Waals surface area contributed by atoms with Crippen molar-refractivity contribution in [3.63, 3.8) is 0 Å². The van der Waals surface area contributed by atoms with Gasteiger partial charge >= 0.3 is 5.97 Å². The van der Waals surface area contributed by atoms with Crippen LogP contribution in [0.3, 0.4) is 0 Å². The molecule has 1 N–H and O–H groups in total. The number of rotatable bonds is 6. The van der Waals surface area contributed by atoms with Gasteiger partial charge in [-0.25, -0.2) is 4.79 Å². The van der Waals surface area contributed by atoms with Crippen molar-refractivity contribution in [3.05, 3.63) is 47.9 Å². The summed E-state index contributed by atoms with van der Waals surface area (Å²) in [6.45, 7) is 0.463. The number of carbonyl (C=O) groups is 1. The van der Waals surface area contributed by atoms with Crippen molar-refractivity contribution in [2.24, 2.45) is 0 Å². The average molecular weight is 286 g/mol. The molecule has 0 unspecified atom stereocenters. The predicted molar refractivity (Wildman–Crippen MR) is 74.9 cm³/mol. The van der Waals surface area contributed by atoms with Crippen LogP contribution < -0.4 is 10.1 Å². The highest BCUT2D eigenvalue weighted by atomic mass is 16.5. The molecule has 0 saturated carbocycles. The summed E-state index contributed by atoms with van der Waals surface area (Å²) in [5, 5.41) is 11.6. The van der Waals surface area contributed by atoms with E-state index in [0.29, 0.717) is 18.1 Å². The molecule has 21 heavy (non-hydrogen) atoms. The summed E-state index contributed by atoms with van der Waals surface area (Å²) in [7, 11) is 1.30. The number of hydrogen-bond acceptors (Lipinski definition) is 6. The summed E-state index contributed by atoms with van der Waals surface area (Å²) in [4.78, 5) is 11.3. The molecule has 0 aliphatic carbocycles. The van der Waals surface area contributed by atoms with Crippen molar-refractivity contribution >= 4 is 11.7 Å². The number of esters is 1. The standard InChI is InChI=1S/C15H14N2O4/c1-19-15(18)14-7-6-13(21-14)10-17-11-2-4-12(5-3-11)20-9-8-16/h2-7,17H,9-10H2,1H3. The highest BCUT2D eigenvalue weighted by Crippen LogP contribution is 2.17. The Kier molecular flexibility index (Phi) is 4.83. The second-order valence-corrected chi connectivity index (χ2v) is 4.08. The van der Waals surface area contributed by atoms with Gasteiger partial charge in [0.05, 0.1) is 13.7 Å². The Balaban J connectivity index is 1.89. The number of anilines is 1. The van der Waals surface area contributed by atoms with E-state index in [1.807, 2.05) is 18.2 Å². The Morgan fingerprint density at radius 1 is 1.29 bits per heavy atom. The molecule has 0 atom stereocenters. The number of carbonyl (C=O) groups excluding carboxylic acids is 1. The lowest BCUT2D eigenvalue weighted by Crippen LogP contribution is -2.00. The van der Waals surface area contributed by atoms with Crippen LogP contribution in [0.4, 0.5) is 5.69 Å². The molecule has 108 valence electrons. The van der Waals surface area contributed by atoms with E-state index in [0.717, 1.165) is 5.69 Å². The Hall–Kier alpha value is -2.94. The van der Waals surface area contributed by atoms with E-state index in [1.165, 1.54) is 7.11 Å². The lowest BCUT2D eigenvalue weighted by atomic mass is 10.3. The van der Waals surface area contributed by atoms with Gasteiger partial charge in [0, 0.05) is 5.69 Å². The van der Waals surface area contributed by atoms with Gasteiger partial charge in [-0.1, -0.05) is 0 Å². The quantitative estimate of drug-likeness (QED) is 0.821. The fraction of sp³-hybridized carbons (Fsp3) is 0.200. The number of benzene rings is 1. The summed E-state index contributed by atoms with van der Waals surface area (Å²) < 4.78 is 15.1. The predicted octanol–water partition coefficient (Wildman–Crippen LogP) is 2.58. The normalized spacial score (nSPS) is 9.71. The maximum Gasteiger partial charge on any atom is 0.373 e. The van der Waals surface area contributed by atoms with E-state index in [1.54, 1.807) is 24.3 Å². The van der Waals surface area contributed by atoms with Crippen LogP contribution in [-0.2, 0) is 11.3 Å². The van der Waals surface area contributed by atoms with E-state index in [-0.39, 0.29) is 12.4 Å². The lowest BCUT2D eigenvalue weighted by Gasteiger charge is -2.06. The number of ether oxygens (including phenoxy) is 2. The van der Waals surface area contributed by atoms with E-state index < -0.39 is 5.97 Å². The maximum absolute atomic E-state index is 11.3. The number of nitrogens with one attached hydrogen (secondary N) is 1. The minimum absolute atomic E-state index is 0.0233. The monoisotopic (exact) mass is 286 g/mol. The molecule has 0 bridgehead atoms. The minimum atomic E-state index is -0.500. The van der Waals surface area contributed by atoms with Gasteiger partial charge in [-0.2, -0.15) is 5.26 Å². The molecule has 6 heteroatoms. The Morgan fingerprint density at radius 3 is 2.71 bits per heavy atom. The number of hydrogen-bond donors (Lipinski definition) is 1. The minimum Gasteiger partial charge on any atom is -0.479 e. The fourth-order valence-electron chi connectivity index (χ4n) is 1.66. The third-order valence-electron chi connectivity index (χ3n) is 2.67. The molecule has 0 aliphatic heterocycles. The highest BCUT2D eigenvalue weighted by molar-refractivity contribution is 5.86. The summed E-state index contributed by atoms with van der Waals surface area (Å²) in [6.07, 6.45) is 0. The van der Waals surface area contributed by atoms with Crippen LogP contribution in [-0.4, -0.2) is 19.7 Å². The van der Waals surface area contributed by atoms with Gasteiger partial charge in [0.15, 0.2) is 6.61 Å². The zero-order chi connectivity index (χ0) is 15.1. The lowest BCUT2D eigenvalue weighted by molar-refractivity contribution is 0.0563. The molecule has 0 amide bonds. The van der Waals surface area contributed by atoms with E-state index in [4.69, 9.17) is 14.4 Å². The van der Waals surface area contributed by atoms with Gasteiger partial charge in [-0.15, -0.1) is 0 Å². The summed E-state index contributed by atoms with van der Waals surface area (Å²) >= 11 is 0. The van der Waals surface area contributed by atoms with E-state index in [2.05, 4.69) is 10.1 Å². The second-order valence-electron chi connectivity index (χ2n) is 4.08. The number of nitrogens with zero attached hydrogens (tertiary/aromatic N) is 1. The average Bonchev–Trinajstić information content (AvgIpc) is 3.00. The first kappa shape index (κ1) is 14.5. The number of methoxy groups -OCH3 is 1. The van der Waals surface area contributed by atoms with E-state index >= 15 is 0 Å². The molecule has 1 heterocycles. The maximum atomic E-state index is 11.3. The van der Waals surface area contributed by atoms with Gasteiger partial charge in [0.25, 0.3) is 0 Å². The molecule has 1 aromatic carbocycles. The molecule has 0 aliphatic rings. The molecular weight excluding hydrogens is 272 g/mol. The summed E-state index contributed by atoms with van der Waals surface area (Å²) in [6, 6.07) is 12.4. The fourth-order valence-corrected chi connectivity index (χ4v) is 1.66. The van der Waals surface area contributed by atoms with Crippen molar-refractivity contribution in [2.45, 2.75) is 6.54 Å². The van der Waals surface area contributed by atoms with Gasteiger partial charge in [0.2, 0.25) is 5.76 Å². The van der Waals surface area contributed by atoms with Crippen LogP contribution in [0.5, 0.6) is 5.75 Å². The van der Waals surface area contributed by atoms with Crippen LogP contribution in [0.2, 0.25) is 0 Å². The van der Waals surface area contributed by atoms with Crippen molar-refractivity contribution in [1.29, 1.82) is 5.26 Å². The molecule has 1 aromatic heterocycles. The smallest absolute Gasteiger partial charge is 0.373 e. The van der Waals surface area contributed by atoms with Crippen LogP contribution in [0.1, 0.15) is 16.3 Å². The molecular formula is C15H14N2O4.